The second-order valence-corrected chi connectivity index (χ2v) is 4.91. The molecule has 0 unspecified atom stereocenters. The predicted octanol–water partition coefficient (Wildman–Crippen LogP) is -5.58. The van der Waals surface area contributed by atoms with Crippen LogP contribution in [0.25, 0.3) is 0 Å². The van der Waals surface area contributed by atoms with E-state index in [1.54, 1.807) is 0 Å². The summed E-state index contributed by atoms with van der Waals surface area (Å²) >= 11 is 0. The van der Waals surface area contributed by atoms with Crippen LogP contribution in [0.4, 0.5) is 0 Å². The molecule has 0 saturated heterocycles. The van der Waals surface area contributed by atoms with Crippen molar-refractivity contribution in [1.82, 2.24) is 0 Å². The van der Waals surface area contributed by atoms with Crippen molar-refractivity contribution in [1.29, 1.82) is 0 Å². The Hall–Kier alpha value is 4.14. The molecule has 0 amide bonds. The van der Waals surface area contributed by atoms with Gasteiger partial charge in [-0.3, -0.25) is 8.42 Å². The summed E-state index contributed by atoms with van der Waals surface area (Å²) in [6.45, 7) is 6.12. The van der Waals surface area contributed by atoms with Crippen LogP contribution in [0.5, 0.6) is 0 Å². The van der Waals surface area contributed by atoms with E-state index in [4.69, 9.17) is 17.5 Å². The molecule has 20 heavy (non-hydrogen) atoms. The number of hydrogen-bond acceptors (Lipinski definition) is 4. The molecule has 0 rings (SSSR count). The topological polar surface area (TPSA) is 80.3 Å². The first-order valence-corrected chi connectivity index (χ1v) is 7.71. The molecule has 0 aromatic carbocycles. The maximum atomic E-state index is 8.52. The first kappa shape index (κ1) is 35.3. The van der Waals surface area contributed by atoms with Crippen LogP contribution in [-0.4, -0.2) is 17.5 Å². The Labute approximate surface area is 233 Å². The maximum absolute atomic E-state index is 8.52. The largest absolute Gasteiger partial charge is 1.00 e. The van der Waals surface area contributed by atoms with Gasteiger partial charge in [0.2, 0.25) is 0 Å². The number of unbranched alkanes of at least 4 members (excludes halogenated alkanes) is 9. The van der Waals surface area contributed by atoms with Crippen molar-refractivity contribution in [2.75, 3.05) is 0 Å². The van der Waals surface area contributed by atoms with Crippen LogP contribution in [0.1, 0.15) is 71.1 Å². The van der Waals surface area contributed by atoms with Gasteiger partial charge in [-0.15, -0.1) is 0 Å². The average Bonchev–Trinajstić information content (AvgIpc) is 2.20. The maximum Gasteiger partial charge on any atom is 1.00 e. The molecule has 0 heterocycles. The molecule has 0 radical (unpaired) electrons. The molecule has 8 heteroatoms. The molecule has 0 N–H and O–H groups in total. The molecular weight excluding hydrogens is 341 g/mol. The first-order valence-electron chi connectivity index (χ1n) is 6.37. The quantitative estimate of drug-likeness (QED) is 0.134. The van der Waals surface area contributed by atoms with E-state index in [1.165, 1.54) is 57.8 Å². The Kier molecular flexibility index (Phi) is 49.3. The van der Waals surface area contributed by atoms with E-state index in [2.05, 4.69) is 13.8 Å². The molecule has 0 aliphatic heterocycles. The molecular formula is C12H25K2NaO4S. The summed E-state index contributed by atoms with van der Waals surface area (Å²) < 4.78 is 34.1. The summed E-state index contributed by atoms with van der Waals surface area (Å²) in [7, 11) is -5.17. The van der Waals surface area contributed by atoms with Crippen LogP contribution in [0.2, 0.25) is 0 Å². The smallest absolute Gasteiger partial charge is 0.759 e. The van der Waals surface area contributed by atoms with Crippen molar-refractivity contribution < 1.29 is 150 Å². The molecule has 4 nitrogen and oxygen atoms in total. The fraction of sp³-hybridized carbons (Fsp3) is 0.917. The van der Waals surface area contributed by atoms with Crippen LogP contribution in [0.3, 0.4) is 0 Å². The van der Waals surface area contributed by atoms with Gasteiger partial charge in [0, 0.05) is 10.4 Å². The van der Waals surface area contributed by atoms with Gasteiger partial charge in [0.15, 0.2) is 0 Å². The van der Waals surface area contributed by atoms with Crippen molar-refractivity contribution >= 4 is 10.4 Å². The molecule has 0 spiro atoms. The van der Waals surface area contributed by atoms with Gasteiger partial charge in [-0.1, -0.05) is 64.7 Å². The van der Waals surface area contributed by atoms with E-state index < -0.39 is 10.4 Å². The van der Waals surface area contributed by atoms with Gasteiger partial charge in [0.05, 0.1) is 0 Å². The van der Waals surface area contributed by atoms with Gasteiger partial charge < -0.3 is 16.0 Å². The van der Waals surface area contributed by atoms with Crippen LogP contribution in [-0.2, 0) is 10.4 Å². The zero-order valence-electron chi connectivity index (χ0n) is 13.8. The number of rotatable bonds is 9. The van der Waals surface area contributed by atoms with Crippen LogP contribution in [0.15, 0.2) is 0 Å². The third kappa shape index (κ3) is 57.3. The fourth-order valence-electron chi connectivity index (χ4n) is 1.49. The second-order valence-electron chi connectivity index (χ2n) is 4.09. The Balaban J connectivity index is -0.0000000821. The normalized spacial score (nSPS) is 9.20. The Morgan fingerprint density at radius 1 is 0.800 bits per heavy atom. The first-order chi connectivity index (χ1) is 7.91. The van der Waals surface area contributed by atoms with E-state index in [9.17, 15) is 0 Å². The molecule has 0 bridgehead atoms. The molecule has 0 atom stereocenters. The molecule has 0 aromatic rings. The standard InChI is InChI=1S/C12H25.2K.Na.H2O4S/c1-3-5-7-9-11-12-10-8-6-4-2;;;;1-5(2,3)4/h1,3-12H2,2H3;;;;(H2,1,2,3,4)/q-1;3*+1;/p-2. The zero-order valence-corrected chi connectivity index (χ0v) is 22.9. The van der Waals surface area contributed by atoms with Gasteiger partial charge in [-0.05, 0) is 0 Å². The van der Waals surface area contributed by atoms with Crippen molar-refractivity contribution in [2.24, 2.45) is 0 Å². The number of hydrogen-bond donors (Lipinski definition) is 0. The third-order valence-corrected chi connectivity index (χ3v) is 2.35. The molecule has 0 aromatic heterocycles. The van der Waals surface area contributed by atoms with Crippen molar-refractivity contribution in [2.45, 2.75) is 71.1 Å². The monoisotopic (exact) mass is 366 g/mol. The van der Waals surface area contributed by atoms with E-state index >= 15 is 0 Å². The minimum atomic E-state index is -5.17. The summed E-state index contributed by atoms with van der Waals surface area (Å²) in [4.78, 5) is 0. The predicted molar refractivity (Wildman–Crippen MR) is 67.7 cm³/mol. The van der Waals surface area contributed by atoms with Gasteiger partial charge in [0.1, 0.15) is 0 Å². The molecule has 0 saturated carbocycles. The van der Waals surface area contributed by atoms with Gasteiger partial charge in [-0.2, -0.15) is 6.42 Å². The summed E-state index contributed by atoms with van der Waals surface area (Å²) in [6.07, 6.45) is 13.9. The van der Waals surface area contributed by atoms with Crippen LogP contribution < -0.4 is 132 Å². The average molecular weight is 367 g/mol. The van der Waals surface area contributed by atoms with E-state index in [0.717, 1.165) is 6.42 Å². The van der Waals surface area contributed by atoms with Crippen molar-refractivity contribution in [3.63, 3.8) is 0 Å². The SMILES string of the molecule is O=S(=O)([O-])[O-].[CH2-]CCCCCCCCCCC.[K+].[K+].[Na+]. The van der Waals surface area contributed by atoms with Crippen LogP contribution >= 0.6 is 0 Å². The van der Waals surface area contributed by atoms with Gasteiger partial charge in [0.25, 0.3) is 0 Å². The molecule has 106 valence electrons. The second kappa shape index (κ2) is 28.0. The molecule has 0 aliphatic rings. The summed E-state index contributed by atoms with van der Waals surface area (Å²) in [5, 5.41) is 0. The van der Waals surface area contributed by atoms with E-state index in [1.807, 2.05) is 0 Å². The van der Waals surface area contributed by atoms with Crippen LogP contribution in [0, 0.1) is 6.92 Å². The van der Waals surface area contributed by atoms with Gasteiger partial charge >= 0.3 is 132 Å². The fourth-order valence-corrected chi connectivity index (χ4v) is 1.49. The molecule has 0 fully saturated rings. The Morgan fingerprint density at radius 3 is 1.30 bits per heavy atom. The Morgan fingerprint density at radius 2 is 1.05 bits per heavy atom. The summed E-state index contributed by atoms with van der Waals surface area (Å²) in [6, 6.07) is 0. The third-order valence-electron chi connectivity index (χ3n) is 2.35. The van der Waals surface area contributed by atoms with Gasteiger partial charge in [-0.25, -0.2) is 0 Å². The van der Waals surface area contributed by atoms with Crippen molar-refractivity contribution in [3.8, 4) is 0 Å². The molecule has 0 aliphatic carbocycles. The minimum Gasteiger partial charge on any atom is -0.759 e. The summed E-state index contributed by atoms with van der Waals surface area (Å²) in [5.41, 5.74) is 0. The van der Waals surface area contributed by atoms with E-state index in [0.29, 0.717) is 0 Å². The van der Waals surface area contributed by atoms with E-state index in [-0.39, 0.29) is 132 Å². The summed E-state index contributed by atoms with van der Waals surface area (Å²) in [5.74, 6) is 0. The Bertz CT molecular complexity index is 222. The zero-order chi connectivity index (χ0) is 13.6. The minimum absolute atomic E-state index is 0. The van der Waals surface area contributed by atoms with Crippen molar-refractivity contribution in [3.05, 3.63) is 6.92 Å².